The number of piperazine rings is 1. The quantitative estimate of drug-likeness (QED) is 0.830. The molecule has 2 aliphatic rings. The van der Waals surface area contributed by atoms with E-state index in [0.717, 1.165) is 43.4 Å². The lowest BCUT2D eigenvalue weighted by molar-refractivity contribution is 0.0372. The Hall–Kier alpha value is -1.96. The molecular formula is C19H24N4O2S. The number of hydrogen-bond donors (Lipinski definition) is 0. The van der Waals surface area contributed by atoms with E-state index >= 15 is 0 Å². The van der Waals surface area contributed by atoms with Gasteiger partial charge < -0.3 is 14.5 Å². The number of carbonyl (C=O) groups excluding carboxylic acids is 1. The zero-order valence-electron chi connectivity index (χ0n) is 14.8. The van der Waals surface area contributed by atoms with Crippen LogP contribution in [0.4, 0.5) is 4.79 Å². The maximum Gasteiger partial charge on any atom is 0.320 e. The third-order valence-corrected chi connectivity index (χ3v) is 5.82. The Kier molecular flexibility index (Phi) is 5.48. The minimum atomic E-state index is 0.160. The summed E-state index contributed by atoms with van der Waals surface area (Å²) in [5.41, 5.74) is 2.28. The second kappa shape index (κ2) is 8.16. The minimum Gasteiger partial charge on any atom is -0.378 e. The molecule has 2 fully saturated rings. The minimum absolute atomic E-state index is 0.160. The standard InChI is InChI=1S/C19H24N4O2S/c24-19(23-10-12-25-13-11-23)22-8-6-21(7-9-22)14-17-15-26-18(20-17)16-4-2-1-3-5-16/h1-5,15H,6-14H2. The van der Waals surface area contributed by atoms with Crippen LogP contribution >= 0.6 is 11.3 Å². The molecule has 26 heavy (non-hydrogen) atoms. The molecule has 138 valence electrons. The second-order valence-corrected chi connectivity index (χ2v) is 7.51. The molecule has 0 N–H and O–H groups in total. The number of morpholine rings is 1. The van der Waals surface area contributed by atoms with E-state index in [1.807, 2.05) is 28.0 Å². The summed E-state index contributed by atoms with van der Waals surface area (Å²) in [5.74, 6) is 0. The van der Waals surface area contributed by atoms with Crippen LogP contribution in [0, 0.1) is 0 Å². The highest BCUT2D eigenvalue weighted by molar-refractivity contribution is 7.13. The fraction of sp³-hybridized carbons (Fsp3) is 0.474. The summed E-state index contributed by atoms with van der Waals surface area (Å²) in [5, 5.41) is 3.22. The molecule has 6 nitrogen and oxygen atoms in total. The number of ether oxygens (including phenoxy) is 1. The van der Waals surface area contributed by atoms with Gasteiger partial charge in [0.1, 0.15) is 5.01 Å². The molecule has 2 amide bonds. The van der Waals surface area contributed by atoms with E-state index in [1.165, 1.54) is 5.56 Å². The first kappa shape index (κ1) is 17.5. The van der Waals surface area contributed by atoms with Gasteiger partial charge >= 0.3 is 6.03 Å². The van der Waals surface area contributed by atoms with Crippen molar-refractivity contribution >= 4 is 17.4 Å². The van der Waals surface area contributed by atoms with Crippen LogP contribution in [0.25, 0.3) is 10.6 Å². The van der Waals surface area contributed by atoms with Gasteiger partial charge in [-0.3, -0.25) is 4.90 Å². The second-order valence-electron chi connectivity index (χ2n) is 6.66. The van der Waals surface area contributed by atoms with Crippen molar-refractivity contribution in [3.05, 3.63) is 41.4 Å². The molecule has 7 heteroatoms. The molecule has 0 atom stereocenters. The van der Waals surface area contributed by atoms with E-state index in [2.05, 4.69) is 22.4 Å². The lowest BCUT2D eigenvalue weighted by Crippen LogP contribution is -2.54. The van der Waals surface area contributed by atoms with Crippen LogP contribution in [-0.4, -0.2) is 78.2 Å². The SMILES string of the molecule is O=C(N1CCOCC1)N1CCN(Cc2csc(-c3ccccc3)n2)CC1. The maximum absolute atomic E-state index is 12.5. The molecule has 4 rings (SSSR count). The molecule has 0 bridgehead atoms. The van der Waals surface area contributed by atoms with Crippen LogP contribution in [0.2, 0.25) is 0 Å². The van der Waals surface area contributed by atoms with Gasteiger partial charge in [0.15, 0.2) is 0 Å². The number of nitrogens with zero attached hydrogens (tertiary/aromatic N) is 4. The van der Waals surface area contributed by atoms with Crippen molar-refractivity contribution in [3.8, 4) is 10.6 Å². The summed E-state index contributed by atoms with van der Waals surface area (Å²) < 4.78 is 5.33. The third kappa shape index (κ3) is 4.06. The smallest absolute Gasteiger partial charge is 0.320 e. The Morgan fingerprint density at radius 2 is 1.69 bits per heavy atom. The Balaban J connectivity index is 1.29. The number of amides is 2. The molecule has 0 aliphatic carbocycles. The lowest BCUT2D eigenvalue weighted by Gasteiger charge is -2.38. The number of aromatic nitrogens is 1. The lowest BCUT2D eigenvalue weighted by atomic mass is 10.2. The number of benzene rings is 1. The van der Waals surface area contributed by atoms with Crippen molar-refractivity contribution in [1.82, 2.24) is 19.7 Å². The van der Waals surface area contributed by atoms with Gasteiger partial charge in [-0.2, -0.15) is 0 Å². The van der Waals surface area contributed by atoms with Gasteiger partial charge in [-0.25, -0.2) is 9.78 Å². The molecular weight excluding hydrogens is 348 g/mol. The summed E-state index contributed by atoms with van der Waals surface area (Å²) in [6.07, 6.45) is 0. The molecule has 2 saturated heterocycles. The summed E-state index contributed by atoms with van der Waals surface area (Å²) in [6.45, 7) is 6.93. The first-order chi connectivity index (χ1) is 12.8. The Morgan fingerprint density at radius 1 is 1.00 bits per heavy atom. The van der Waals surface area contributed by atoms with Crippen LogP contribution < -0.4 is 0 Å². The van der Waals surface area contributed by atoms with E-state index in [9.17, 15) is 4.79 Å². The first-order valence-electron chi connectivity index (χ1n) is 9.13. The van der Waals surface area contributed by atoms with Gasteiger partial charge in [0.05, 0.1) is 18.9 Å². The third-order valence-electron chi connectivity index (χ3n) is 4.88. The normalized spacial score (nSPS) is 18.9. The molecule has 1 aromatic heterocycles. The molecule has 3 heterocycles. The van der Waals surface area contributed by atoms with E-state index in [0.29, 0.717) is 26.3 Å². The van der Waals surface area contributed by atoms with E-state index in [1.54, 1.807) is 11.3 Å². The van der Waals surface area contributed by atoms with Crippen molar-refractivity contribution in [3.63, 3.8) is 0 Å². The fourth-order valence-corrected chi connectivity index (χ4v) is 4.19. The van der Waals surface area contributed by atoms with Crippen molar-refractivity contribution < 1.29 is 9.53 Å². The van der Waals surface area contributed by atoms with E-state index < -0.39 is 0 Å². The number of urea groups is 1. The topological polar surface area (TPSA) is 48.9 Å². The Labute approximate surface area is 158 Å². The average molecular weight is 372 g/mol. The van der Waals surface area contributed by atoms with Crippen molar-refractivity contribution in [2.75, 3.05) is 52.5 Å². The summed E-state index contributed by atoms with van der Waals surface area (Å²) in [7, 11) is 0. The molecule has 2 aliphatic heterocycles. The molecule has 0 unspecified atom stereocenters. The maximum atomic E-state index is 12.5. The zero-order chi connectivity index (χ0) is 17.8. The van der Waals surface area contributed by atoms with Gasteiger partial charge in [-0.15, -0.1) is 11.3 Å². The highest BCUT2D eigenvalue weighted by Crippen LogP contribution is 2.24. The van der Waals surface area contributed by atoms with Crippen LogP contribution in [-0.2, 0) is 11.3 Å². The van der Waals surface area contributed by atoms with Crippen molar-refractivity contribution in [2.24, 2.45) is 0 Å². The summed E-state index contributed by atoms with van der Waals surface area (Å²) in [6, 6.07) is 10.5. The van der Waals surface area contributed by atoms with Crippen LogP contribution in [0.15, 0.2) is 35.7 Å². The number of rotatable bonds is 3. The monoisotopic (exact) mass is 372 g/mol. The van der Waals surface area contributed by atoms with Crippen molar-refractivity contribution in [1.29, 1.82) is 0 Å². The van der Waals surface area contributed by atoms with Crippen LogP contribution in [0.3, 0.4) is 0 Å². The highest BCUT2D eigenvalue weighted by atomic mass is 32.1. The van der Waals surface area contributed by atoms with E-state index in [-0.39, 0.29) is 6.03 Å². The number of carbonyl (C=O) groups is 1. The molecule has 0 radical (unpaired) electrons. The molecule has 2 aromatic rings. The molecule has 1 aromatic carbocycles. The fourth-order valence-electron chi connectivity index (χ4n) is 3.37. The van der Waals surface area contributed by atoms with Gasteiger partial charge in [-0.1, -0.05) is 30.3 Å². The molecule has 0 saturated carbocycles. The van der Waals surface area contributed by atoms with Gasteiger partial charge in [-0.05, 0) is 0 Å². The summed E-state index contributed by atoms with van der Waals surface area (Å²) in [4.78, 5) is 23.6. The zero-order valence-corrected chi connectivity index (χ0v) is 15.7. The number of thiazole rings is 1. The van der Waals surface area contributed by atoms with Crippen LogP contribution in [0.1, 0.15) is 5.69 Å². The predicted molar refractivity (Wildman–Crippen MR) is 102 cm³/mol. The largest absolute Gasteiger partial charge is 0.378 e. The Morgan fingerprint density at radius 3 is 2.42 bits per heavy atom. The average Bonchev–Trinajstić information content (AvgIpc) is 3.18. The van der Waals surface area contributed by atoms with Crippen LogP contribution in [0.5, 0.6) is 0 Å². The first-order valence-corrected chi connectivity index (χ1v) is 10.0. The predicted octanol–water partition coefficient (Wildman–Crippen LogP) is 2.38. The van der Waals surface area contributed by atoms with Crippen molar-refractivity contribution in [2.45, 2.75) is 6.54 Å². The van der Waals surface area contributed by atoms with E-state index in [4.69, 9.17) is 9.72 Å². The van der Waals surface area contributed by atoms with Gasteiger partial charge in [0.2, 0.25) is 0 Å². The summed E-state index contributed by atoms with van der Waals surface area (Å²) >= 11 is 1.69. The number of hydrogen-bond acceptors (Lipinski definition) is 5. The highest BCUT2D eigenvalue weighted by Gasteiger charge is 2.26. The van der Waals surface area contributed by atoms with Gasteiger partial charge in [0.25, 0.3) is 0 Å². The van der Waals surface area contributed by atoms with Gasteiger partial charge in [0, 0.05) is 56.8 Å². The Bertz CT molecular complexity index is 722. The molecule has 0 spiro atoms.